The Balaban J connectivity index is 0.000000878. The van der Waals surface area contributed by atoms with Crippen molar-refractivity contribution in [2.45, 2.75) is 13.5 Å². The lowest BCUT2D eigenvalue weighted by atomic mass is 10.1. The van der Waals surface area contributed by atoms with E-state index in [0.717, 1.165) is 10.9 Å². The Morgan fingerprint density at radius 2 is 1.57 bits per heavy atom. The molecular formula is C20H23N3O5. The molecule has 1 aliphatic rings. The largest absolute Gasteiger partial charge is 0.445 e. The van der Waals surface area contributed by atoms with Gasteiger partial charge in [-0.05, 0) is 29.3 Å². The minimum absolute atomic E-state index is 0.00589. The summed E-state index contributed by atoms with van der Waals surface area (Å²) in [6.07, 6.45) is -0.0937. The Morgan fingerprint density at radius 3 is 2.21 bits per heavy atom. The number of hydrogen-bond donors (Lipinski definition) is 1. The number of fused-ring (bicyclic) bond motifs is 1. The van der Waals surface area contributed by atoms with E-state index in [9.17, 15) is 9.59 Å². The second kappa shape index (κ2) is 10.2. The number of rotatable bonds is 3. The van der Waals surface area contributed by atoms with Crippen LogP contribution in [0.3, 0.4) is 0 Å². The molecule has 2 amide bonds. The summed E-state index contributed by atoms with van der Waals surface area (Å²) in [5, 5.41) is 2.31. The van der Waals surface area contributed by atoms with E-state index in [-0.39, 0.29) is 31.3 Å². The lowest BCUT2D eigenvalue weighted by Gasteiger charge is -2.33. The van der Waals surface area contributed by atoms with Crippen molar-refractivity contribution in [2.24, 2.45) is 5.73 Å². The minimum Gasteiger partial charge on any atom is -0.445 e. The van der Waals surface area contributed by atoms with Gasteiger partial charge in [0, 0.05) is 26.2 Å². The number of amides is 2. The number of carbonyl (C=O) groups excluding carboxylic acids is 4. The van der Waals surface area contributed by atoms with Gasteiger partial charge in [-0.3, -0.25) is 4.79 Å². The van der Waals surface area contributed by atoms with Crippen LogP contribution in [0.5, 0.6) is 0 Å². The average Bonchev–Trinajstić information content (AvgIpc) is 2.72. The van der Waals surface area contributed by atoms with Crippen LogP contribution in [0.1, 0.15) is 11.1 Å². The van der Waals surface area contributed by atoms with Crippen LogP contribution in [-0.2, 0) is 25.7 Å². The second-order valence-corrected chi connectivity index (χ2v) is 6.39. The van der Waals surface area contributed by atoms with Crippen LogP contribution in [0.4, 0.5) is 4.79 Å². The molecule has 0 aromatic heterocycles. The fraction of sp³-hybridized carbons (Fsp3) is 0.350. The minimum atomic E-state index is -0.344. The predicted molar refractivity (Wildman–Crippen MR) is 101 cm³/mol. The smallest absolute Gasteiger partial charge is 0.410 e. The van der Waals surface area contributed by atoms with Crippen LogP contribution >= 0.6 is 0 Å². The second-order valence-electron chi connectivity index (χ2n) is 6.39. The molecule has 1 aliphatic heterocycles. The molecule has 0 radical (unpaired) electrons. The van der Waals surface area contributed by atoms with Crippen molar-refractivity contribution in [2.75, 3.05) is 32.7 Å². The Bertz CT molecular complexity index is 869. The number of piperazine rings is 1. The Hall–Kier alpha value is -3.22. The van der Waals surface area contributed by atoms with E-state index in [1.165, 1.54) is 10.9 Å². The molecule has 1 heterocycles. The first kappa shape index (κ1) is 21.1. The quantitative estimate of drug-likeness (QED) is 0.853. The van der Waals surface area contributed by atoms with Crippen LogP contribution in [-0.4, -0.2) is 60.7 Å². The highest BCUT2D eigenvalue weighted by Crippen LogP contribution is 2.18. The molecule has 8 heteroatoms. The first-order valence-electron chi connectivity index (χ1n) is 8.86. The number of nitrogens with two attached hydrogens (primary N) is 1. The van der Waals surface area contributed by atoms with Crippen molar-refractivity contribution in [1.29, 1.82) is 0 Å². The summed E-state index contributed by atoms with van der Waals surface area (Å²) in [6, 6.07) is 12.3. The van der Waals surface area contributed by atoms with Crippen molar-refractivity contribution in [3.8, 4) is 0 Å². The molecule has 0 aliphatic carbocycles. The fourth-order valence-corrected chi connectivity index (χ4v) is 3.01. The summed E-state index contributed by atoms with van der Waals surface area (Å²) in [5.74, 6) is -0.0839. The molecule has 0 spiro atoms. The molecule has 8 nitrogen and oxygen atoms in total. The summed E-state index contributed by atoms with van der Waals surface area (Å²) < 4.78 is 5.42. The van der Waals surface area contributed by atoms with Crippen LogP contribution in [0.2, 0.25) is 0 Å². The van der Waals surface area contributed by atoms with Gasteiger partial charge in [-0.2, -0.15) is 9.59 Å². The summed E-state index contributed by atoms with van der Waals surface area (Å²) in [7, 11) is 0. The van der Waals surface area contributed by atoms with Gasteiger partial charge in [0.15, 0.2) is 0 Å². The SMILES string of the molecule is Cc1ccc2cc(COC(=O)N3CCN(C(=O)CN)CC3)ccc2c1.O=C=O. The van der Waals surface area contributed by atoms with Gasteiger partial charge in [0.2, 0.25) is 5.91 Å². The van der Waals surface area contributed by atoms with Crippen LogP contribution < -0.4 is 5.73 Å². The molecule has 0 bridgehead atoms. The zero-order valence-electron chi connectivity index (χ0n) is 15.7. The van der Waals surface area contributed by atoms with Gasteiger partial charge in [0.05, 0.1) is 6.54 Å². The van der Waals surface area contributed by atoms with Crippen LogP contribution in [0.15, 0.2) is 36.4 Å². The van der Waals surface area contributed by atoms with Crippen LogP contribution in [0.25, 0.3) is 10.8 Å². The number of aryl methyl sites for hydroxylation is 1. The molecule has 2 aromatic carbocycles. The van der Waals surface area contributed by atoms with Crippen LogP contribution in [0, 0.1) is 6.92 Å². The van der Waals surface area contributed by atoms with E-state index < -0.39 is 0 Å². The first-order valence-corrected chi connectivity index (χ1v) is 8.86. The van der Waals surface area contributed by atoms with Crippen molar-refractivity contribution in [3.05, 3.63) is 47.5 Å². The van der Waals surface area contributed by atoms with E-state index in [2.05, 4.69) is 25.1 Å². The molecule has 3 rings (SSSR count). The van der Waals surface area contributed by atoms with Gasteiger partial charge in [-0.1, -0.05) is 35.9 Å². The highest BCUT2D eigenvalue weighted by Gasteiger charge is 2.24. The molecule has 0 saturated carbocycles. The maximum absolute atomic E-state index is 12.2. The lowest BCUT2D eigenvalue weighted by molar-refractivity contribution is -0.191. The molecule has 0 unspecified atom stereocenters. The molecule has 1 fully saturated rings. The predicted octanol–water partition coefficient (Wildman–Crippen LogP) is 1.30. The van der Waals surface area contributed by atoms with Gasteiger partial charge < -0.3 is 20.3 Å². The molecule has 2 N–H and O–H groups in total. The third-order valence-corrected chi connectivity index (χ3v) is 4.49. The number of ether oxygens (including phenoxy) is 1. The topological polar surface area (TPSA) is 110 Å². The maximum atomic E-state index is 12.2. The van der Waals surface area contributed by atoms with E-state index in [4.69, 9.17) is 20.1 Å². The van der Waals surface area contributed by atoms with E-state index in [1.54, 1.807) is 9.80 Å². The fourth-order valence-electron chi connectivity index (χ4n) is 3.01. The van der Waals surface area contributed by atoms with Gasteiger partial charge in [-0.15, -0.1) is 0 Å². The Kier molecular flexibility index (Phi) is 7.68. The monoisotopic (exact) mass is 385 g/mol. The van der Waals surface area contributed by atoms with Gasteiger partial charge in [0.25, 0.3) is 0 Å². The zero-order chi connectivity index (χ0) is 20.5. The highest BCUT2D eigenvalue weighted by molar-refractivity contribution is 5.83. The first-order chi connectivity index (χ1) is 13.5. The van der Waals surface area contributed by atoms with E-state index in [0.29, 0.717) is 26.2 Å². The summed E-state index contributed by atoms with van der Waals surface area (Å²) in [4.78, 5) is 43.3. The maximum Gasteiger partial charge on any atom is 0.410 e. The number of benzene rings is 2. The number of hydrogen-bond acceptors (Lipinski definition) is 6. The molecule has 148 valence electrons. The van der Waals surface area contributed by atoms with E-state index >= 15 is 0 Å². The number of nitrogens with zero attached hydrogens (tertiary/aromatic N) is 2. The Labute approximate surface area is 162 Å². The molecule has 0 atom stereocenters. The van der Waals surface area contributed by atoms with Crippen molar-refractivity contribution in [1.82, 2.24) is 9.80 Å². The van der Waals surface area contributed by atoms with Crippen molar-refractivity contribution >= 4 is 28.9 Å². The lowest BCUT2D eigenvalue weighted by Crippen LogP contribution is -2.52. The van der Waals surface area contributed by atoms with Gasteiger partial charge in [0.1, 0.15) is 6.61 Å². The summed E-state index contributed by atoms with van der Waals surface area (Å²) in [5.41, 5.74) is 7.54. The third-order valence-electron chi connectivity index (χ3n) is 4.49. The highest BCUT2D eigenvalue weighted by atomic mass is 16.6. The van der Waals surface area contributed by atoms with E-state index in [1.807, 2.05) is 18.2 Å². The molecule has 1 saturated heterocycles. The summed E-state index contributed by atoms with van der Waals surface area (Å²) >= 11 is 0. The van der Waals surface area contributed by atoms with Gasteiger partial charge in [-0.25, -0.2) is 4.79 Å². The molecule has 2 aromatic rings. The number of carbonyl (C=O) groups is 2. The summed E-state index contributed by atoms with van der Waals surface area (Å²) in [6.45, 7) is 4.26. The Morgan fingerprint density at radius 1 is 1.00 bits per heavy atom. The average molecular weight is 385 g/mol. The third kappa shape index (κ3) is 5.64. The standard InChI is InChI=1S/C19H23N3O3.CO2/c1-14-2-4-17-11-15(3-5-16(17)10-14)13-25-19(24)22-8-6-21(7-9-22)18(23)12-20;2-1-3/h2-5,10-11H,6-9,12-13,20H2,1H3;. The van der Waals surface area contributed by atoms with Crippen molar-refractivity contribution in [3.63, 3.8) is 0 Å². The zero-order valence-corrected chi connectivity index (χ0v) is 15.7. The van der Waals surface area contributed by atoms with Crippen molar-refractivity contribution < 1.29 is 23.9 Å². The normalized spacial score (nSPS) is 13.4. The molecule has 28 heavy (non-hydrogen) atoms. The molecular weight excluding hydrogens is 362 g/mol. The van der Waals surface area contributed by atoms with Gasteiger partial charge >= 0.3 is 12.2 Å².